The van der Waals surface area contributed by atoms with E-state index in [0.29, 0.717) is 17.0 Å². The van der Waals surface area contributed by atoms with Crippen LogP contribution in [0.15, 0.2) is 39.7 Å². The zero-order valence-corrected chi connectivity index (χ0v) is 15.4. The van der Waals surface area contributed by atoms with Crippen molar-refractivity contribution in [2.75, 3.05) is 6.26 Å². The number of rotatable bonds is 4. The van der Waals surface area contributed by atoms with E-state index in [9.17, 15) is 9.90 Å². The Labute approximate surface area is 150 Å². The molecular weight excluding hydrogens is 334 g/mol. The Morgan fingerprint density at radius 2 is 1.88 bits per heavy atom. The van der Waals surface area contributed by atoms with Gasteiger partial charge in [-0.25, -0.2) is 4.98 Å². The third-order valence-corrected chi connectivity index (χ3v) is 4.81. The number of hydrogen-bond acceptors (Lipinski definition) is 5. The maximum atomic E-state index is 12.6. The van der Waals surface area contributed by atoms with Crippen LogP contribution in [0, 0.1) is 20.8 Å². The van der Waals surface area contributed by atoms with Gasteiger partial charge < -0.3 is 9.52 Å². The van der Waals surface area contributed by atoms with E-state index in [1.807, 2.05) is 38.3 Å². The van der Waals surface area contributed by atoms with Gasteiger partial charge in [-0.2, -0.15) is 0 Å². The number of aromatic nitrogens is 1. The van der Waals surface area contributed by atoms with Crippen LogP contribution in [0.2, 0.25) is 0 Å². The summed E-state index contributed by atoms with van der Waals surface area (Å²) in [6.45, 7) is 5.45. The van der Waals surface area contributed by atoms with Crippen LogP contribution >= 0.6 is 11.8 Å². The van der Waals surface area contributed by atoms with E-state index in [4.69, 9.17) is 4.42 Å². The monoisotopic (exact) mass is 353 g/mol. The standard InChI is InChI=1S/C20H19NO3S/c1-11-9-14(10-12(2)19(11)23)5-7-16(22)15-6-8-17(25-4)18-20(15)24-13(3)21-18/h5-10,23H,1-4H3/b7-5+. The third kappa shape index (κ3) is 3.33. The number of thioether (sulfide) groups is 1. The number of phenolic OH excluding ortho intramolecular Hbond substituents is 1. The number of benzene rings is 2. The molecule has 3 aromatic rings. The summed E-state index contributed by atoms with van der Waals surface area (Å²) in [4.78, 5) is 18.0. The zero-order valence-electron chi connectivity index (χ0n) is 14.6. The second kappa shape index (κ2) is 6.76. The summed E-state index contributed by atoms with van der Waals surface area (Å²) in [5.41, 5.74) is 4.18. The smallest absolute Gasteiger partial charge is 0.192 e. The molecule has 0 aliphatic heterocycles. The molecule has 1 aromatic heterocycles. The van der Waals surface area contributed by atoms with E-state index in [2.05, 4.69) is 4.98 Å². The maximum absolute atomic E-state index is 12.6. The first-order valence-corrected chi connectivity index (χ1v) is 9.10. The van der Waals surface area contributed by atoms with Crippen molar-refractivity contribution in [3.05, 3.63) is 58.5 Å². The van der Waals surface area contributed by atoms with Gasteiger partial charge in [0.05, 0.1) is 5.56 Å². The molecule has 0 aliphatic carbocycles. The molecule has 0 atom stereocenters. The fourth-order valence-corrected chi connectivity index (χ4v) is 3.33. The van der Waals surface area contributed by atoms with Gasteiger partial charge in [0.15, 0.2) is 17.3 Å². The topological polar surface area (TPSA) is 63.3 Å². The molecule has 0 saturated heterocycles. The summed E-state index contributed by atoms with van der Waals surface area (Å²) >= 11 is 1.57. The van der Waals surface area contributed by atoms with Crippen molar-refractivity contribution in [1.82, 2.24) is 4.98 Å². The molecule has 1 N–H and O–H groups in total. The molecule has 0 radical (unpaired) electrons. The van der Waals surface area contributed by atoms with Gasteiger partial charge in [-0.05, 0) is 67.1 Å². The van der Waals surface area contributed by atoms with Gasteiger partial charge in [-0.15, -0.1) is 11.8 Å². The Bertz CT molecular complexity index is 979. The molecule has 2 aromatic carbocycles. The third-order valence-electron chi connectivity index (χ3n) is 4.04. The van der Waals surface area contributed by atoms with Crippen LogP contribution in [0.4, 0.5) is 0 Å². The van der Waals surface area contributed by atoms with Crippen molar-refractivity contribution in [2.24, 2.45) is 0 Å². The number of aromatic hydroxyl groups is 1. The highest BCUT2D eigenvalue weighted by atomic mass is 32.2. The fraction of sp³-hybridized carbons (Fsp3) is 0.200. The Morgan fingerprint density at radius 3 is 2.52 bits per heavy atom. The normalized spacial score (nSPS) is 11.5. The van der Waals surface area contributed by atoms with Crippen LogP contribution in [-0.4, -0.2) is 22.1 Å². The van der Waals surface area contributed by atoms with E-state index in [-0.39, 0.29) is 11.5 Å². The number of allylic oxidation sites excluding steroid dienone is 1. The molecular formula is C20H19NO3S. The minimum Gasteiger partial charge on any atom is -0.507 e. The summed E-state index contributed by atoms with van der Waals surface area (Å²) in [6, 6.07) is 7.36. The van der Waals surface area contributed by atoms with Crippen LogP contribution in [0.3, 0.4) is 0 Å². The van der Waals surface area contributed by atoms with Crippen molar-refractivity contribution in [3.8, 4) is 5.75 Å². The molecule has 0 aliphatic rings. The Balaban J connectivity index is 1.98. The maximum Gasteiger partial charge on any atom is 0.192 e. The second-order valence-electron chi connectivity index (χ2n) is 5.93. The average molecular weight is 353 g/mol. The molecule has 0 amide bonds. The fourth-order valence-electron chi connectivity index (χ4n) is 2.80. The van der Waals surface area contributed by atoms with Gasteiger partial charge in [-0.3, -0.25) is 4.79 Å². The molecule has 3 rings (SSSR count). The molecule has 4 nitrogen and oxygen atoms in total. The second-order valence-corrected chi connectivity index (χ2v) is 6.77. The highest BCUT2D eigenvalue weighted by Gasteiger charge is 2.16. The van der Waals surface area contributed by atoms with Gasteiger partial charge in [0.2, 0.25) is 0 Å². The van der Waals surface area contributed by atoms with E-state index in [1.165, 1.54) is 6.08 Å². The highest BCUT2D eigenvalue weighted by Crippen LogP contribution is 2.30. The van der Waals surface area contributed by atoms with E-state index < -0.39 is 0 Å². The molecule has 0 saturated carbocycles. The largest absolute Gasteiger partial charge is 0.507 e. The quantitative estimate of drug-likeness (QED) is 0.403. The van der Waals surface area contributed by atoms with Crippen LogP contribution in [0.5, 0.6) is 5.75 Å². The number of ketones is 1. The molecule has 0 bridgehead atoms. The lowest BCUT2D eigenvalue weighted by Crippen LogP contribution is -1.95. The number of fused-ring (bicyclic) bond motifs is 1. The molecule has 1 heterocycles. The zero-order chi connectivity index (χ0) is 18.1. The molecule has 0 unspecified atom stereocenters. The molecule has 0 spiro atoms. The summed E-state index contributed by atoms with van der Waals surface area (Å²) in [5, 5.41) is 9.84. The summed E-state index contributed by atoms with van der Waals surface area (Å²) < 4.78 is 5.66. The predicted molar refractivity (Wildman–Crippen MR) is 101 cm³/mol. The number of hydrogen-bond donors (Lipinski definition) is 1. The van der Waals surface area contributed by atoms with Crippen LogP contribution < -0.4 is 0 Å². The summed E-state index contributed by atoms with van der Waals surface area (Å²) in [5.74, 6) is 0.687. The van der Waals surface area contributed by atoms with Crippen molar-refractivity contribution >= 4 is 34.7 Å². The van der Waals surface area contributed by atoms with Crippen molar-refractivity contribution in [2.45, 2.75) is 25.7 Å². The Kier molecular flexibility index (Phi) is 4.68. The summed E-state index contributed by atoms with van der Waals surface area (Å²) in [6.07, 6.45) is 5.24. The van der Waals surface area contributed by atoms with Crippen LogP contribution in [0.25, 0.3) is 17.2 Å². The minimum absolute atomic E-state index is 0.141. The Hall–Kier alpha value is -2.53. The predicted octanol–water partition coefficient (Wildman–Crippen LogP) is 5.08. The van der Waals surface area contributed by atoms with Crippen molar-refractivity contribution < 1.29 is 14.3 Å². The molecule has 5 heteroatoms. The van der Waals surface area contributed by atoms with Gasteiger partial charge >= 0.3 is 0 Å². The number of phenols is 1. The lowest BCUT2D eigenvalue weighted by molar-refractivity contribution is 0.104. The minimum atomic E-state index is -0.141. The number of nitrogens with zero attached hydrogens (tertiary/aromatic N) is 1. The number of carbonyl (C=O) groups excluding carboxylic acids is 1. The van der Waals surface area contributed by atoms with E-state index >= 15 is 0 Å². The molecule has 0 fully saturated rings. The van der Waals surface area contributed by atoms with Crippen molar-refractivity contribution in [1.29, 1.82) is 0 Å². The van der Waals surface area contributed by atoms with Gasteiger partial charge in [0, 0.05) is 11.8 Å². The molecule has 128 valence electrons. The van der Waals surface area contributed by atoms with Gasteiger partial charge in [0.25, 0.3) is 0 Å². The first-order chi connectivity index (χ1) is 11.9. The number of aryl methyl sites for hydroxylation is 3. The number of carbonyl (C=O) groups is 1. The molecule has 25 heavy (non-hydrogen) atoms. The SMILES string of the molecule is CSc1ccc(C(=O)/C=C/c2cc(C)c(O)c(C)c2)c2oc(C)nc12. The Morgan fingerprint density at radius 1 is 1.20 bits per heavy atom. The first-order valence-electron chi connectivity index (χ1n) is 7.87. The summed E-state index contributed by atoms with van der Waals surface area (Å²) in [7, 11) is 0. The lowest BCUT2D eigenvalue weighted by Gasteiger charge is -2.05. The van der Waals surface area contributed by atoms with Crippen molar-refractivity contribution in [3.63, 3.8) is 0 Å². The first kappa shape index (κ1) is 17.3. The highest BCUT2D eigenvalue weighted by molar-refractivity contribution is 7.98. The van der Waals surface area contributed by atoms with Gasteiger partial charge in [-0.1, -0.05) is 6.08 Å². The van der Waals surface area contributed by atoms with Crippen LogP contribution in [0.1, 0.15) is 32.9 Å². The van der Waals surface area contributed by atoms with E-state index in [1.54, 1.807) is 30.8 Å². The van der Waals surface area contributed by atoms with Crippen LogP contribution in [-0.2, 0) is 0 Å². The number of oxazole rings is 1. The van der Waals surface area contributed by atoms with E-state index in [0.717, 1.165) is 27.1 Å². The van der Waals surface area contributed by atoms with Gasteiger partial charge in [0.1, 0.15) is 11.3 Å². The average Bonchev–Trinajstić information content (AvgIpc) is 2.97. The lowest BCUT2D eigenvalue weighted by atomic mass is 10.0.